The van der Waals surface area contributed by atoms with Gasteiger partial charge in [-0.1, -0.05) is 12.1 Å². The van der Waals surface area contributed by atoms with Crippen molar-refractivity contribution in [2.24, 2.45) is 0 Å². The van der Waals surface area contributed by atoms with E-state index in [1.807, 2.05) is 24.3 Å². The van der Waals surface area contributed by atoms with E-state index in [0.29, 0.717) is 18.5 Å². The van der Waals surface area contributed by atoms with Crippen molar-refractivity contribution in [1.29, 1.82) is 0 Å². The highest BCUT2D eigenvalue weighted by atomic mass is 32.2. The molecule has 5 nitrogen and oxygen atoms in total. The van der Waals surface area contributed by atoms with Gasteiger partial charge in [0.1, 0.15) is 5.75 Å². The Balaban J connectivity index is 1.92. The van der Waals surface area contributed by atoms with Gasteiger partial charge in [0.15, 0.2) is 9.84 Å². The standard InChI is InChI=1S/C17H19NO4S/c1-22-15-5-3-4-13(12-15)6-11-17(19)18-14-7-9-16(10-8-14)23(2,20)21/h3-5,7-10,12H,6,11H2,1-2H3,(H,18,19). The summed E-state index contributed by atoms with van der Waals surface area (Å²) in [6.45, 7) is 0. The highest BCUT2D eigenvalue weighted by Crippen LogP contribution is 2.16. The third-order valence-electron chi connectivity index (χ3n) is 3.34. The number of amides is 1. The summed E-state index contributed by atoms with van der Waals surface area (Å²) < 4.78 is 27.9. The molecule has 1 amide bonds. The minimum atomic E-state index is -3.23. The minimum absolute atomic E-state index is 0.125. The minimum Gasteiger partial charge on any atom is -0.497 e. The van der Waals surface area contributed by atoms with Gasteiger partial charge in [-0.05, 0) is 48.4 Å². The van der Waals surface area contributed by atoms with Gasteiger partial charge in [0, 0.05) is 18.4 Å². The van der Waals surface area contributed by atoms with Gasteiger partial charge < -0.3 is 10.1 Å². The molecule has 0 unspecified atom stereocenters. The van der Waals surface area contributed by atoms with Crippen LogP contribution >= 0.6 is 0 Å². The molecule has 0 aliphatic rings. The molecule has 0 fully saturated rings. The molecule has 0 aromatic heterocycles. The highest BCUT2D eigenvalue weighted by molar-refractivity contribution is 7.90. The van der Waals surface area contributed by atoms with Crippen LogP contribution in [0.2, 0.25) is 0 Å². The van der Waals surface area contributed by atoms with E-state index in [2.05, 4.69) is 5.32 Å². The topological polar surface area (TPSA) is 72.5 Å². The monoisotopic (exact) mass is 333 g/mol. The molecular weight excluding hydrogens is 314 g/mol. The first-order valence-electron chi connectivity index (χ1n) is 7.11. The van der Waals surface area contributed by atoms with E-state index in [4.69, 9.17) is 4.74 Å². The number of sulfone groups is 1. The van der Waals surface area contributed by atoms with E-state index in [0.717, 1.165) is 17.6 Å². The van der Waals surface area contributed by atoms with Crippen molar-refractivity contribution in [2.45, 2.75) is 17.7 Å². The third kappa shape index (κ3) is 5.10. The van der Waals surface area contributed by atoms with Gasteiger partial charge in [-0.25, -0.2) is 8.42 Å². The number of nitrogens with one attached hydrogen (secondary N) is 1. The van der Waals surface area contributed by atoms with Gasteiger partial charge in [-0.3, -0.25) is 4.79 Å². The Bertz CT molecular complexity index is 782. The van der Waals surface area contributed by atoms with E-state index in [1.165, 1.54) is 12.1 Å². The number of aryl methyl sites for hydroxylation is 1. The van der Waals surface area contributed by atoms with E-state index < -0.39 is 9.84 Å². The molecule has 0 heterocycles. The van der Waals surface area contributed by atoms with Crippen molar-refractivity contribution in [3.63, 3.8) is 0 Å². The summed E-state index contributed by atoms with van der Waals surface area (Å²) in [4.78, 5) is 12.2. The Morgan fingerprint density at radius 1 is 1.13 bits per heavy atom. The molecule has 2 aromatic carbocycles. The maximum absolute atomic E-state index is 12.0. The largest absolute Gasteiger partial charge is 0.497 e. The highest BCUT2D eigenvalue weighted by Gasteiger charge is 2.08. The first-order chi connectivity index (χ1) is 10.9. The fourth-order valence-corrected chi connectivity index (χ4v) is 2.73. The Morgan fingerprint density at radius 3 is 2.43 bits per heavy atom. The zero-order valence-corrected chi connectivity index (χ0v) is 13.9. The van der Waals surface area contributed by atoms with E-state index in [1.54, 1.807) is 19.2 Å². The number of hydrogen-bond donors (Lipinski definition) is 1. The van der Waals surface area contributed by atoms with E-state index >= 15 is 0 Å². The summed E-state index contributed by atoms with van der Waals surface area (Å²) in [6.07, 6.45) is 2.08. The molecule has 122 valence electrons. The molecule has 0 saturated carbocycles. The molecular formula is C17H19NO4S. The molecule has 1 N–H and O–H groups in total. The van der Waals surface area contributed by atoms with Crippen LogP contribution in [0.25, 0.3) is 0 Å². The molecule has 2 rings (SSSR count). The molecule has 0 aliphatic carbocycles. The van der Waals surface area contributed by atoms with Crippen molar-refractivity contribution in [3.8, 4) is 5.75 Å². The van der Waals surface area contributed by atoms with Crippen LogP contribution in [0.5, 0.6) is 5.75 Å². The van der Waals surface area contributed by atoms with Crippen LogP contribution in [0, 0.1) is 0 Å². The second-order valence-corrected chi connectivity index (χ2v) is 7.21. The Labute approximate surface area is 136 Å². The number of anilines is 1. The lowest BCUT2D eigenvalue weighted by Crippen LogP contribution is -2.12. The molecule has 23 heavy (non-hydrogen) atoms. The Kier molecular flexibility index (Phi) is 5.39. The maximum atomic E-state index is 12.0. The number of benzene rings is 2. The van der Waals surface area contributed by atoms with Crippen molar-refractivity contribution >= 4 is 21.4 Å². The molecule has 6 heteroatoms. The predicted molar refractivity (Wildman–Crippen MR) is 89.5 cm³/mol. The summed E-state index contributed by atoms with van der Waals surface area (Å²) in [5.41, 5.74) is 1.60. The first kappa shape index (κ1) is 17.0. The van der Waals surface area contributed by atoms with E-state index in [9.17, 15) is 13.2 Å². The van der Waals surface area contributed by atoms with Crippen LogP contribution in [0.4, 0.5) is 5.69 Å². The fourth-order valence-electron chi connectivity index (χ4n) is 2.09. The lowest BCUT2D eigenvalue weighted by Gasteiger charge is -2.07. The smallest absolute Gasteiger partial charge is 0.224 e. The van der Waals surface area contributed by atoms with Gasteiger partial charge in [-0.2, -0.15) is 0 Å². The molecule has 0 bridgehead atoms. The first-order valence-corrected chi connectivity index (χ1v) is 9.00. The molecule has 0 saturated heterocycles. The summed E-state index contributed by atoms with van der Waals surface area (Å²) in [5, 5.41) is 2.75. The van der Waals surface area contributed by atoms with Gasteiger partial charge >= 0.3 is 0 Å². The van der Waals surface area contributed by atoms with Gasteiger partial charge in [0.2, 0.25) is 5.91 Å². The SMILES string of the molecule is COc1cccc(CCC(=O)Nc2ccc(S(C)(=O)=O)cc2)c1. The zero-order valence-electron chi connectivity index (χ0n) is 13.1. The van der Waals surface area contributed by atoms with E-state index in [-0.39, 0.29) is 10.8 Å². The van der Waals surface area contributed by atoms with Gasteiger partial charge in [-0.15, -0.1) is 0 Å². The Morgan fingerprint density at radius 2 is 1.83 bits per heavy atom. The van der Waals surface area contributed by atoms with Crippen molar-refractivity contribution in [2.75, 3.05) is 18.7 Å². The number of hydrogen-bond acceptors (Lipinski definition) is 4. The lowest BCUT2D eigenvalue weighted by molar-refractivity contribution is -0.116. The van der Waals surface area contributed by atoms with Crippen LogP contribution in [0.3, 0.4) is 0 Å². The van der Waals surface area contributed by atoms with Crippen molar-refractivity contribution < 1.29 is 17.9 Å². The lowest BCUT2D eigenvalue weighted by atomic mass is 10.1. The molecule has 0 aliphatic heterocycles. The number of carbonyl (C=O) groups is 1. The van der Waals surface area contributed by atoms with Crippen LogP contribution in [0.1, 0.15) is 12.0 Å². The number of methoxy groups -OCH3 is 1. The fraction of sp³-hybridized carbons (Fsp3) is 0.235. The number of rotatable bonds is 6. The van der Waals surface area contributed by atoms with Crippen LogP contribution in [-0.2, 0) is 21.1 Å². The normalized spacial score (nSPS) is 11.0. The van der Waals surface area contributed by atoms with Gasteiger partial charge in [0.25, 0.3) is 0 Å². The third-order valence-corrected chi connectivity index (χ3v) is 4.47. The maximum Gasteiger partial charge on any atom is 0.224 e. The zero-order chi connectivity index (χ0) is 16.9. The molecule has 2 aromatic rings. The van der Waals surface area contributed by atoms with Crippen LogP contribution in [0.15, 0.2) is 53.4 Å². The predicted octanol–water partition coefficient (Wildman–Crippen LogP) is 2.67. The Hall–Kier alpha value is -2.34. The molecule has 0 atom stereocenters. The van der Waals surface area contributed by atoms with Crippen molar-refractivity contribution in [1.82, 2.24) is 0 Å². The number of carbonyl (C=O) groups excluding carboxylic acids is 1. The second-order valence-electron chi connectivity index (χ2n) is 5.20. The quantitative estimate of drug-likeness (QED) is 0.882. The average Bonchev–Trinajstić information content (AvgIpc) is 2.53. The molecule has 0 spiro atoms. The summed E-state index contributed by atoms with van der Waals surface area (Å²) in [5.74, 6) is 0.638. The number of ether oxygens (including phenoxy) is 1. The summed E-state index contributed by atoms with van der Waals surface area (Å²) in [7, 11) is -1.62. The van der Waals surface area contributed by atoms with Crippen LogP contribution < -0.4 is 10.1 Å². The van der Waals surface area contributed by atoms with Crippen molar-refractivity contribution in [3.05, 3.63) is 54.1 Å². The summed E-state index contributed by atoms with van der Waals surface area (Å²) >= 11 is 0. The van der Waals surface area contributed by atoms with Gasteiger partial charge in [0.05, 0.1) is 12.0 Å². The average molecular weight is 333 g/mol. The summed E-state index contributed by atoms with van der Waals surface area (Å²) in [6, 6.07) is 13.7. The van der Waals surface area contributed by atoms with Crippen LogP contribution in [-0.4, -0.2) is 27.7 Å². The second kappa shape index (κ2) is 7.28. The molecule has 0 radical (unpaired) electrons.